The molecule has 0 saturated heterocycles. The summed E-state index contributed by atoms with van der Waals surface area (Å²) in [5.74, 6) is 0.653. The van der Waals surface area contributed by atoms with Crippen molar-refractivity contribution in [1.82, 2.24) is 4.72 Å². The van der Waals surface area contributed by atoms with E-state index in [0.717, 1.165) is 12.8 Å². The zero-order chi connectivity index (χ0) is 14.0. The number of aliphatic hydroxyl groups is 1. The molecule has 1 fully saturated rings. The van der Waals surface area contributed by atoms with E-state index in [1.165, 1.54) is 25.3 Å². The maximum atomic E-state index is 12.0. The minimum atomic E-state index is -3.65. The fourth-order valence-electron chi connectivity index (χ4n) is 1.81. The van der Waals surface area contributed by atoms with E-state index in [0.29, 0.717) is 5.75 Å². The van der Waals surface area contributed by atoms with E-state index in [9.17, 15) is 13.5 Å². The number of ether oxygens (including phenoxy) is 1. The van der Waals surface area contributed by atoms with Crippen molar-refractivity contribution >= 4 is 15.7 Å². The number of anilines is 1. The number of hydrogen-bond donors (Lipinski definition) is 3. The van der Waals surface area contributed by atoms with Crippen LogP contribution in [0.4, 0.5) is 5.69 Å². The van der Waals surface area contributed by atoms with Crippen LogP contribution in [-0.4, -0.2) is 33.3 Å². The van der Waals surface area contributed by atoms with Crippen molar-refractivity contribution in [3.63, 3.8) is 0 Å². The van der Waals surface area contributed by atoms with Gasteiger partial charge in [0, 0.05) is 6.54 Å². The number of nitrogens with one attached hydrogen (secondary N) is 1. The lowest BCUT2D eigenvalue weighted by Crippen LogP contribution is -2.33. The van der Waals surface area contributed by atoms with Gasteiger partial charge in [-0.15, -0.1) is 0 Å². The van der Waals surface area contributed by atoms with Crippen LogP contribution in [0, 0.1) is 5.92 Å². The summed E-state index contributed by atoms with van der Waals surface area (Å²) < 4.78 is 31.4. The molecule has 6 nitrogen and oxygen atoms in total. The summed E-state index contributed by atoms with van der Waals surface area (Å²) in [4.78, 5) is 0.0637. The zero-order valence-electron chi connectivity index (χ0n) is 10.7. The molecule has 4 N–H and O–H groups in total. The molecule has 0 aromatic heterocycles. The van der Waals surface area contributed by atoms with Gasteiger partial charge < -0.3 is 15.6 Å². The highest BCUT2D eigenvalue weighted by Crippen LogP contribution is 2.32. The summed E-state index contributed by atoms with van der Waals surface area (Å²) in [5.41, 5.74) is 5.93. The highest BCUT2D eigenvalue weighted by atomic mass is 32.2. The number of nitrogens with two attached hydrogens (primary N) is 1. The van der Waals surface area contributed by atoms with Gasteiger partial charge in [-0.3, -0.25) is 0 Å². The van der Waals surface area contributed by atoms with Gasteiger partial charge in [-0.25, -0.2) is 13.1 Å². The van der Waals surface area contributed by atoms with Gasteiger partial charge in [0.15, 0.2) is 0 Å². The van der Waals surface area contributed by atoms with Crippen LogP contribution < -0.4 is 15.2 Å². The van der Waals surface area contributed by atoms with Crippen LogP contribution in [0.1, 0.15) is 12.8 Å². The first kappa shape index (κ1) is 14.1. The molecule has 0 aliphatic heterocycles. The average molecular weight is 286 g/mol. The molecule has 1 atom stereocenters. The van der Waals surface area contributed by atoms with Crippen LogP contribution in [0.5, 0.6) is 5.75 Å². The summed E-state index contributed by atoms with van der Waals surface area (Å²) in [6.45, 7) is 0.0267. The number of sulfonamides is 1. The van der Waals surface area contributed by atoms with Crippen LogP contribution in [0.25, 0.3) is 0 Å². The highest BCUT2D eigenvalue weighted by molar-refractivity contribution is 7.89. The number of methoxy groups -OCH3 is 1. The number of nitrogen functional groups attached to an aromatic ring is 1. The third-order valence-electron chi connectivity index (χ3n) is 3.16. The molecular formula is C12H18N2O4S. The minimum absolute atomic E-state index is 0.0267. The Labute approximate surface area is 112 Å². The minimum Gasteiger partial charge on any atom is -0.495 e. The summed E-state index contributed by atoms with van der Waals surface area (Å²) in [5, 5.41) is 9.66. The third kappa shape index (κ3) is 3.37. The lowest BCUT2D eigenvalue weighted by molar-refractivity contribution is 0.155. The van der Waals surface area contributed by atoms with Gasteiger partial charge >= 0.3 is 0 Å². The molecule has 1 unspecified atom stereocenters. The fourth-order valence-corrected chi connectivity index (χ4v) is 2.89. The van der Waals surface area contributed by atoms with Crippen molar-refractivity contribution in [1.29, 1.82) is 0 Å². The fraction of sp³-hybridized carbons (Fsp3) is 0.500. The Hall–Kier alpha value is -1.31. The standard InChI is InChI=1S/C12H18N2O4S/c1-18-12-5-4-9(6-10(12)13)19(16,17)14-7-11(15)8-2-3-8/h4-6,8,11,14-15H,2-3,7,13H2,1H3. The van der Waals surface area contributed by atoms with Gasteiger partial charge in [0.25, 0.3) is 0 Å². The lowest BCUT2D eigenvalue weighted by atomic mass is 10.2. The van der Waals surface area contributed by atoms with Gasteiger partial charge in [0.2, 0.25) is 10.0 Å². The Balaban J connectivity index is 2.07. The summed E-state index contributed by atoms with van der Waals surface area (Å²) in [7, 11) is -2.19. The van der Waals surface area contributed by atoms with Crippen LogP contribution in [0.2, 0.25) is 0 Å². The molecule has 1 aliphatic carbocycles. The van der Waals surface area contributed by atoms with E-state index in [1.54, 1.807) is 0 Å². The molecule has 1 saturated carbocycles. The Morgan fingerprint density at radius 3 is 2.74 bits per heavy atom. The number of benzene rings is 1. The van der Waals surface area contributed by atoms with Gasteiger partial charge in [-0.1, -0.05) is 0 Å². The second-order valence-corrected chi connectivity index (χ2v) is 6.43. The number of hydrogen-bond acceptors (Lipinski definition) is 5. The van der Waals surface area contributed by atoms with Gasteiger partial charge in [0.05, 0.1) is 23.8 Å². The Bertz CT molecular complexity index is 555. The Morgan fingerprint density at radius 1 is 1.53 bits per heavy atom. The molecule has 106 valence electrons. The largest absolute Gasteiger partial charge is 0.495 e. The molecule has 19 heavy (non-hydrogen) atoms. The monoisotopic (exact) mass is 286 g/mol. The maximum Gasteiger partial charge on any atom is 0.240 e. The quantitative estimate of drug-likeness (QED) is 0.654. The number of aliphatic hydroxyl groups excluding tert-OH is 1. The summed E-state index contributed by atoms with van der Waals surface area (Å²) >= 11 is 0. The zero-order valence-corrected chi connectivity index (χ0v) is 11.5. The van der Waals surface area contributed by atoms with Crippen LogP contribution in [0.15, 0.2) is 23.1 Å². The number of rotatable bonds is 6. The molecule has 0 spiro atoms. The van der Waals surface area contributed by atoms with Gasteiger partial charge in [0.1, 0.15) is 5.75 Å². The molecule has 0 bridgehead atoms. The van der Waals surface area contributed by atoms with Crippen molar-refractivity contribution < 1.29 is 18.3 Å². The Kier molecular flexibility index (Phi) is 3.98. The molecule has 0 radical (unpaired) electrons. The first-order chi connectivity index (χ1) is 8.94. The summed E-state index contributed by atoms with van der Waals surface area (Å²) in [6.07, 6.45) is 1.29. The predicted octanol–water partition coefficient (Wildman–Crippen LogP) is 0.327. The van der Waals surface area contributed by atoms with E-state index in [-0.39, 0.29) is 23.0 Å². The highest BCUT2D eigenvalue weighted by Gasteiger charge is 2.30. The summed E-state index contributed by atoms with van der Waals surface area (Å²) in [6, 6.07) is 4.26. The SMILES string of the molecule is COc1ccc(S(=O)(=O)NCC(O)C2CC2)cc1N. The van der Waals surface area contributed by atoms with E-state index in [2.05, 4.69) is 4.72 Å². The van der Waals surface area contributed by atoms with Crippen molar-refractivity contribution in [2.75, 3.05) is 19.4 Å². The van der Waals surface area contributed by atoms with E-state index in [4.69, 9.17) is 10.5 Å². The van der Waals surface area contributed by atoms with Crippen molar-refractivity contribution in [2.24, 2.45) is 5.92 Å². The average Bonchev–Trinajstić information content (AvgIpc) is 3.20. The molecule has 0 heterocycles. The van der Waals surface area contributed by atoms with E-state index in [1.807, 2.05) is 0 Å². The molecule has 1 aliphatic rings. The molecule has 0 amide bonds. The van der Waals surface area contributed by atoms with Gasteiger partial charge in [-0.05, 0) is 37.0 Å². The Morgan fingerprint density at radius 2 is 2.21 bits per heavy atom. The smallest absolute Gasteiger partial charge is 0.240 e. The maximum absolute atomic E-state index is 12.0. The molecule has 1 aromatic rings. The van der Waals surface area contributed by atoms with Gasteiger partial charge in [-0.2, -0.15) is 0 Å². The second-order valence-electron chi connectivity index (χ2n) is 4.66. The predicted molar refractivity (Wildman–Crippen MR) is 71.3 cm³/mol. The van der Waals surface area contributed by atoms with Crippen LogP contribution in [-0.2, 0) is 10.0 Å². The van der Waals surface area contributed by atoms with Crippen LogP contribution in [0.3, 0.4) is 0 Å². The van der Waals surface area contributed by atoms with E-state index < -0.39 is 16.1 Å². The first-order valence-corrected chi connectivity index (χ1v) is 7.53. The van der Waals surface area contributed by atoms with Crippen molar-refractivity contribution in [3.05, 3.63) is 18.2 Å². The van der Waals surface area contributed by atoms with Crippen molar-refractivity contribution in [2.45, 2.75) is 23.8 Å². The first-order valence-electron chi connectivity index (χ1n) is 6.05. The lowest BCUT2D eigenvalue weighted by Gasteiger charge is -2.12. The van der Waals surface area contributed by atoms with Crippen LogP contribution >= 0.6 is 0 Å². The third-order valence-corrected chi connectivity index (χ3v) is 4.58. The molecule has 7 heteroatoms. The second kappa shape index (κ2) is 5.36. The molecule has 2 rings (SSSR count). The topological polar surface area (TPSA) is 102 Å². The molecule has 1 aromatic carbocycles. The van der Waals surface area contributed by atoms with E-state index >= 15 is 0 Å². The van der Waals surface area contributed by atoms with Crippen molar-refractivity contribution in [3.8, 4) is 5.75 Å². The molecular weight excluding hydrogens is 268 g/mol. The normalized spacial score (nSPS) is 17.2.